The summed E-state index contributed by atoms with van der Waals surface area (Å²) in [4.78, 5) is 2.09. The van der Waals surface area contributed by atoms with Crippen LogP contribution in [-0.2, 0) is 9.47 Å². The molecule has 3 fully saturated rings. The van der Waals surface area contributed by atoms with E-state index in [4.69, 9.17) is 15.2 Å². The molecule has 0 spiro atoms. The topological polar surface area (TPSA) is 88.2 Å². The molecule has 4 N–H and O–H groups in total. The number of nitrogens with zero attached hydrogens (tertiary/aromatic N) is 1. The predicted octanol–water partition coefficient (Wildman–Crippen LogP) is -1.74. The molecule has 2 bridgehead atoms. The standard InChI is InChI=1S/C11H20N2O4/c12-8-7-5-16-11(17-7)9(10(8)15)13-3-1-2-6(13)4-14/h6-11,14-15H,1-5,12H2/t6-,7+,8+,9+,10-,11+/m0/s1. The van der Waals surface area contributed by atoms with Crippen molar-refractivity contribution in [3.63, 3.8) is 0 Å². The summed E-state index contributed by atoms with van der Waals surface area (Å²) >= 11 is 0. The molecule has 6 atom stereocenters. The van der Waals surface area contributed by atoms with Crippen LogP contribution in [0, 0.1) is 0 Å². The van der Waals surface area contributed by atoms with Crippen LogP contribution in [-0.4, -0.2) is 71.5 Å². The van der Waals surface area contributed by atoms with E-state index >= 15 is 0 Å². The van der Waals surface area contributed by atoms with Crippen LogP contribution in [0.25, 0.3) is 0 Å². The van der Waals surface area contributed by atoms with Gasteiger partial charge in [0.25, 0.3) is 0 Å². The molecule has 3 heterocycles. The van der Waals surface area contributed by atoms with E-state index in [9.17, 15) is 10.2 Å². The number of fused-ring (bicyclic) bond motifs is 2. The maximum Gasteiger partial charge on any atom is 0.176 e. The third-order valence-corrected chi connectivity index (χ3v) is 4.20. The highest BCUT2D eigenvalue weighted by atomic mass is 16.7. The fraction of sp³-hybridized carbons (Fsp3) is 1.00. The van der Waals surface area contributed by atoms with Crippen LogP contribution in [0.3, 0.4) is 0 Å². The van der Waals surface area contributed by atoms with E-state index < -0.39 is 18.4 Å². The number of hydrogen-bond donors (Lipinski definition) is 3. The molecule has 17 heavy (non-hydrogen) atoms. The first-order chi connectivity index (χ1) is 8.22. The van der Waals surface area contributed by atoms with Crippen LogP contribution in [0.5, 0.6) is 0 Å². The summed E-state index contributed by atoms with van der Waals surface area (Å²) in [5.41, 5.74) is 5.96. The quantitative estimate of drug-likeness (QED) is 0.534. The maximum atomic E-state index is 10.3. The van der Waals surface area contributed by atoms with Crippen molar-refractivity contribution >= 4 is 0 Å². The molecule has 3 aliphatic rings. The molecule has 0 unspecified atom stereocenters. The van der Waals surface area contributed by atoms with Crippen molar-refractivity contribution in [2.45, 2.75) is 49.5 Å². The Hall–Kier alpha value is -0.240. The molecular weight excluding hydrogens is 224 g/mol. The number of ether oxygens (including phenoxy) is 2. The molecule has 3 saturated heterocycles. The minimum Gasteiger partial charge on any atom is -0.395 e. The summed E-state index contributed by atoms with van der Waals surface area (Å²) in [5.74, 6) is 0. The van der Waals surface area contributed by atoms with Gasteiger partial charge >= 0.3 is 0 Å². The van der Waals surface area contributed by atoms with Gasteiger partial charge in [-0.25, -0.2) is 0 Å². The van der Waals surface area contributed by atoms with E-state index in [2.05, 4.69) is 4.90 Å². The van der Waals surface area contributed by atoms with Crippen molar-refractivity contribution in [1.82, 2.24) is 4.90 Å². The van der Waals surface area contributed by atoms with Crippen molar-refractivity contribution in [3.05, 3.63) is 0 Å². The SMILES string of the molecule is N[C@H]1[C@H](O)[C@@H](N2CCC[C@H]2CO)[C@@H]2OC[C@H]1O2. The minimum absolute atomic E-state index is 0.0891. The van der Waals surface area contributed by atoms with E-state index in [1.807, 2.05) is 0 Å². The smallest absolute Gasteiger partial charge is 0.176 e. The Bertz CT molecular complexity index is 291. The molecule has 6 heteroatoms. The maximum absolute atomic E-state index is 10.3. The van der Waals surface area contributed by atoms with E-state index in [1.165, 1.54) is 0 Å². The number of hydrogen-bond acceptors (Lipinski definition) is 6. The molecule has 0 saturated carbocycles. The summed E-state index contributed by atoms with van der Waals surface area (Å²) in [6, 6.07) is -0.562. The second kappa shape index (κ2) is 4.46. The van der Waals surface area contributed by atoms with E-state index in [0.717, 1.165) is 19.4 Å². The van der Waals surface area contributed by atoms with Gasteiger partial charge in [0.15, 0.2) is 6.29 Å². The Kier molecular flexibility index (Phi) is 3.10. The van der Waals surface area contributed by atoms with Gasteiger partial charge in [-0.15, -0.1) is 0 Å². The zero-order valence-electron chi connectivity index (χ0n) is 9.74. The summed E-state index contributed by atoms with van der Waals surface area (Å²) in [7, 11) is 0. The molecule has 3 aliphatic heterocycles. The van der Waals surface area contributed by atoms with Crippen molar-refractivity contribution < 1.29 is 19.7 Å². The molecule has 98 valence electrons. The van der Waals surface area contributed by atoms with Gasteiger partial charge in [0.05, 0.1) is 31.4 Å². The van der Waals surface area contributed by atoms with Crippen LogP contribution >= 0.6 is 0 Å². The molecule has 3 rings (SSSR count). The third kappa shape index (κ3) is 1.80. The molecule has 0 aliphatic carbocycles. The van der Waals surface area contributed by atoms with Crippen LogP contribution < -0.4 is 5.73 Å². The molecule has 0 aromatic heterocycles. The van der Waals surface area contributed by atoms with Crippen LogP contribution in [0.15, 0.2) is 0 Å². The highest BCUT2D eigenvalue weighted by molar-refractivity contribution is 5.02. The van der Waals surface area contributed by atoms with Crippen molar-refractivity contribution in [3.8, 4) is 0 Å². The first-order valence-electron chi connectivity index (χ1n) is 6.29. The summed E-state index contributed by atoms with van der Waals surface area (Å²) in [6.45, 7) is 1.42. The average molecular weight is 244 g/mol. The normalized spacial score (nSPS) is 51.0. The van der Waals surface area contributed by atoms with Gasteiger partial charge in [0.1, 0.15) is 6.10 Å². The van der Waals surface area contributed by atoms with Crippen LogP contribution in [0.1, 0.15) is 12.8 Å². The van der Waals surface area contributed by atoms with Crippen LogP contribution in [0.2, 0.25) is 0 Å². The zero-order valence-corrected chi connectivity index (χ0v) is 9.74. The molecule has 0 amide bonds. The first kappa shape index (κ1) is 11.8. The van der Waals surface area contributed by atoms with E-state index in [0.29, 0.717) is 6.61 Å². The largest absolute Gasteiger partial charge is 0.395 e. The van der Waals surface area contributed by atoms with Gasteiger partial charge < -0.3 is 25.4 Å². The molecule has 0 aromatic rings. The lowest BCUT2D eigenvalue weighted by Gasteiger charge is -2.43. The average Bonchev–Trinajstić information content (AvgIpc) is 2.95. The van der Waals surface area contributed by atoms with E-state index in [-0.39, 0.29) is 24.8 Å². The predicted molar refractivity (Wildman–Crippen MR) is 59.2 cm³/mol. The number of rotatable bonds is 2. The van der Waals surface area contributed by atoms with Crippen LogP contribution in [0.4, 0.5) is 0 Å². The number of aliphatic hydroxyl groups excluding tert-OH is 2. The summed E-state index contributed by atoms with van der Waals surface area (Å²) < 4.78 is 11.2. The number of likely N-dealkylation sites (tertiary alicyclic amines) is 1. The fourth-order valence-corrected chi connectivity index (χ4v) is 3.23. The lowest BCUT2D eigenvalue weighted by molar-refractivity contribution is -0.181. The Morgan fingerprint density at radius 1 is 1.41 bits per heavy atom. The van der Waals surface area contributed by atoms with E-state index in [1.54, 1.807) is 0 Å². The Labute approximate surface area is 100 Å². The lowest BCUT2D eigenvalue weighted by atomic mass is 9.95. The van der Waals surface area contributed by atoms with Gasteiger partial charge in [0.2, 0.25) is 0 Å². The van der Waals surface area contributed by atoms with Crippen molar-refractivity contribution in [1.29, 1.82) is 0 Å². The monoisotopic (exact) mass is 244 g/mol. The Morgan fingerprint density at radius 2 is 2.24 bits per heavy atom. The molecule has 6 nitrogen and oxygen atoms in total. The van der Waals surface area contributed by atoms with Gasteiger partial charge in [-0.05, 0) is 19.4 Å². The molecule has 0 aromatic carbocycles. The van der Waals surface area contributed by atoms with Crippen molar-refractivity contribution in [2.75, 3.05) is 19.8 Å². The number of nitrogens with two attached hydrogens (primary N) is 1. The molecule has 0 radical (unpaired) electrons. The summed E-state index contributed by atoms with van der Waals surface area (Å²) in [5, 5.41) is 19.6. The first-order valence-corrected chi connectivity index (χ1v) is 6.29. The Morgan fingerprint density at radius 3 is 3.00 bits per heavy atom. The minimum atomic E-state index is -0.645. The van der Waals surface area contributed by atoms with Gasteiger partial charge in [-0.3, -0.25) is 4.90 Å². The van der Waals surface area contributed by atoms with Gasteiger partial charge in [0, 0.05) is 6.04 Å². The second-order valence-corrected chi connectivity index (χ2v) is 5.15. The van der Waals surface area contributed by atoms with Gasteiger partial charge in [-0.1, -0.05) is 0 Å². The second-order valence-electron chi connectivity index (χ2n) is 5.15. The molecular formula is C11H20N2O4. The highest BCUT2D eigenvalue weighted by Crippen LogP contribution is 2.33. The highest BCUT2D eigenvalue weighted by Gasteiger charge is 2.52. The lowest BCUT2D eigenvalue weighted by Crippen LogP contribution is -2.64. The van der Waals surface area contributed by atoms with Gasteiger partial charge in [-0.2, -0.15) is 0 Å². The number of aliphatic hydroxyl groups is 2. The Balaban J connectivity index is 1.80. The van der Waals surface area contributed by atoms with Crippen molar-refractivity contribution in [2.24, 2.45) is 5.73 Å². The third-order valence-electron chi connectivity index (χ3n) is 4.20. The fourth-order valence-electron chi connectivity index (χ4n) is 3.23. The summed E-state index contributed by atoms with van der Waals surface area (Å²) in [6.07, 6.45) is 0.738. The zero-order chi connectivity index (χ0) is 12.0.